The molecule has 1 rings (SSSR count). The van der Waals surface area contributed by atoms with Gasteiger partial charge in [-0.1, -0.05) is 19.1 Å². The summed E-state index contributed by atoms with van der Waals surface area (Å²) in [5.74, 6) is 0.484. The molecule has 1 aromatic rings. The Kier molecular flexibility index (Phi) is 4.69. The first-order valence-electron chi connectivity index (χ1n) is 5.46. The highest BCUT2D eigenvalue weighted by atomic mass is 16.5. The largest absolute Gasteiger partial charge is 0.504 e. The van der Waals surface area contributed by atoms with Crippen molar-refractivity contribution in [1.82, 2.24) is 0 Å². The molecule has 0 saturated heterocycles. The zero-order valence-electron chi connectivity index (χ0n) is 10.4. The van der Waals surface area contributed by atoms with Crippen LogP contribution in [0.1, 0.15) is 18.9 Å². The Morgan fingerprint density at radius 2 is 1.88 bits per heavy atom. The Hall–Kier alpha value is -1.84. The molecular weight excluding hydrogens is 220 g/mol. The van der Waals surface area contributed by atoms with Crippen LogP contribution in [0.5, 0.6) is 23.0 Å². The van der Waals surface area contributed by atoms with Crippen molar-refractivity contribution in [3.05, 3.63) is 23.8 Å². The molecule has 0 heterocycles. The van der Waals surface area contributed by atoms with Crippen molar-refractivity contribution in [2.75, 3.05) is 14.2 Å². The summed E-state index contributed by atoms with van der Waals surface area (Å²) >= 11 is 0. The lowest BCUT2D eigenvalue weighted by atomic mass is 10.1. The fourth-order valence-corrected chi connectivity index (χ4v) is 1.61. The van der Waals surface area contributed by atoms with Gasteiger partial charge < -0.3 is 19.7 Å². The second kappa shape index (κ2) is 6.03. The minimum atomic E-state index is -0.0398. The van der Waals surface area contributed by atoms with Crippen molar-refractivity contribution >= 4 is 0 Å². The van der Waals surface area contributed by atoms with E-state index in [0.717, 1.165) is 6.42 Å². The van der Waals surface area contributed by atoms with Crippen LogP contribution in [0, 0.1) is 0 Å². The Morgan fingerprint density at radius 3 is 2.41 bits per heavy atom. The summed E-state index contributed by atoms with van der Waals surface area (Å²) in [6.07, 6.45) is 5.29. The summed E-state index contributed by atoms with van der Waals surface area (Å²) in [4.78, 5) is 0. The zero-order chi connectivity index (χ0) is 12.8. The maximum Gasteiger partial charge on any atom is 0.167 e. The highest BCUT2D eigenvalue weighted by Gasteiger charge is 2.17. The first kappa shape index (κ1) is 13.2. The molecule has 0 aliphatic heterocycles. The maximum atomic E-state index is 9.97. The first-order valence-corrected chi connectivity index (χ1v) is 5.46. The SMILES string of the molecule is CCC=CCc1c(O)c(OC)cc(O)c1OC. The normalized spacial score (nSPS) is 10.8. The molecule has 0 unspecified atom stereocenters. The molecule has 0 fully saturated rings. The molecule has 0 saturated carbocycles. The van der Waals surface area contributed by atoms with Crippen molar-refractivity contribution in [1.29, 1.82) is 0 Å². The van der Waals surface area contributed by atoms with E-state index in [1.807, 2.05) is 19.1 Å². The van der Waals surface area contributed by atoms with E-state index in [-0.39, 0.29) is 23.0 Å². The molecule has 0 aliphatic carbocycles. The molecular formula is C13H18O4. The average molecular weight is 238 g/mol. The Morgan fingerprint density at radius 1 is 1.18 bits per heavy atom. The number of aromatic hydroxyl groups is 2. The number of methoxy groups -OCH3 is 2. The zero-order valence-corrected chi connectivity index (χ0v) is 10.4. The van der Waals surface area contributed by atoms with Crippen molar-refractivity contribution in [3.63, 3.8) is 0 Å². The molecule has 0 aliphatic rings. The molecule has 0 radical (unpaired) electrons. The van der Waals surface area contributed by atoms with E-state index in [4.69, 9.17) is 9.47 Å². The van der Waals surface area contributed by atoms with Gasteiger partial charge in [0, 0.05) is 11.6 Å². The number of hydrogen-bond donors (Lipinski definition) is 2. The molecule has 17 heavy (non-hydrogen) atoms. The number of rotatable bonds is 5. The molecule has 0 atom stereocenters. The predicted molar refractivity (Wildman–Crippen MR) is 66.0 cm³/mol. The number of phenolic OH excluding ortho intramolecular Hbond substituents is 2. The van der Waals surface area contributed by atoms with E-state index in [2.05, 4.69) is 0 Å². The Balaban J connectivity index is 3.22. The lowest BCUT2D eigenvalue weighted by Gasteiger charge is -2.13. The highest BCUT2D eigenvalue weighted by molar-refractivity contribution is 5.60. The summed E-state index contributed by atoms with van der Waals surface area (Å²) in [7, 11) is 2.89. The van der Waals surface area contributed by atoms with Gasteiger partial charge in [0.1, 0.15) is 0 Å². The minimum absolute atomic E-state index is 0.00269. The molecule has 0 spiro atoms. The summed E-state index contributed by atoms with van der Waals surface area (Å²) in [5.41, 5.74) is 0.522. The van der Waals surface area contributed by atoms with E-state index in [9.17, 15) is 10.2 Å². The standard InChI is InChI=1S/C13H18O4/c1-4-5-6-7-9-12(15)11(16-2)8-10(14)13(9)17-3/h5-6,8,14-15H,4,7H2,1-3H3. The number of benzene rings is 1. The fourth-order valence-electron chi connectivity index (χ4n) is 1.61. The summed E-state index contributed by atoms with van der Waals surface area (Å²) in [6.45, 7) is 2.02. The molecule has 0 aromatic heterocycles. The summed E-state index contributed by atoms with van der Waals surface area (Å²) in [6, 6.07) is 1.33. The van der Waals surface area contributed by atoms with Crippen LogP contribution in [0.25, 0.3) is 0 Å². The van der Waals surface area contributed by atoms with Crippen molar-refractivity contribution in [2.45, 2.75) is 19.8 Å². The quantitative estimate of drug-likeness (QED) is 0.611. The first-order chi connectivity index (χ1) is 8.15. The molecule has 94 valence electrons. The Labute approximate surface area is 101 Å². The van der Waals surface area contributed by atoms with Gasteiger partial charge in [0.25, 0.3) is 0 Å². The number of hydrogen-bond acceptors (Lipinski definition) is 4. The third-order valence-electron chi connectivity index (χ3n) is 2.44. The van der Waals surface area contributed by atoms with Gasteiger partial charge in [0.15, 0.2) is 23.0 Å². The highest BCUT2D eigenvalue weighted by Crippen LogP contribution is 2.43. The number of allylic oxidation sites excluding steroid dienone is 2. The summed E-state index contributed by atoms with van der Waals surface area (Å²) in [5, 5.41) is 19.7. The van der Waals surface area contributed by atoms with Crippen molar-refractivity contribution < 1.29 is 19.7 Å². The van der Waals surface area contributed by atoms with Gasteiger partial charge >= 0.3 is 0 Å². The lowest BCUT2D eigenvalue weighted by Crippen LogP contribution is -1.95. The number of ether oxygens (including phenoxy) is 2. The topological polar surface area (TPSA) is 58.9 Å². The molecule has 0 amide bonds. The molecule has 2 N–H and O–H groups in total. The molecule has 1 aromatic carbocycles. The van der Waals surface area contributed by atoms with Gasteiger partial charge in [0.05, 0.1) is 14.2 Å². The lowest BCUT2D eigenvalue weighted by molar-refractivity contribution is 0.342. The average Bonchev–Trinajstić information content (AvgIpc) is 2.33. The number of phenols is 2. The second-order valence-electron chi connectivity index (χ2n) is 3.54. The van der Waals surface area contributed by atoms with Gasteiger partial charge in [-0.05, 0) is 12.8 Å². The van der Waals surface area contributed by atoms with Crippen molar-refractivity contribution in [2.24, 2.45) is 0 Å². The third-order valence-corrected chi connectivity index (χ3v) is 2.44. The predicted octanol–water partition coefficient (Wildman–Crippen LogP) is 2.62. The van der Waals surface area contributed by atoms with E-state index in [1.165, 1.54) is 20.3 Å². The monoisotopic (exact) mass is 238 g/mol. The van der Waals surface area contributed by atoms with E-state index in [0.29, 0.717) is 12.0 Å². The van der Waals surface area contributed by atoms with Crippen LogP contribution < -0.4 is 9.47 Å². The van der Waals surface area contributed by atoms with E-state index < -0.39 is 0 Å². The van der Waals surface area contributed by atoms with Gasteiger partial charge in [-0.3, -0.25) is 0 Å². The van der Waals surface area contributed by atoms with Gasteiger partial charge in [0.2, 0.25) is 0 Å². The van der Waals surface area contributed by atoms with Gasteiger partial charge in [-0.2, -0.15) is 0 Å². The summed E-state index contributed by atoms with van der Waals surface area (Å²) < 4.78 is 10.1. The molecule has 0 bridgehead atoms. The van der Waals surface area contributed by atoms with Crippen LogP contribution in [0.3, 0.4) is 0 Å². The molecule has 4 heteroatoms. The van der Waals surface area contributed by atoms with Crippen LogP contribution in [0.15, 0.2) is 18.2 Å². The van der Waals surface area contributed by atoms with Gasteiger partial charge in [-0.15, -0.1) is 0 Å². The smallest absolute Gasteiger partial charge is 0.167 e. The van der Waals surface area contributed by atoms with Crippen LogP contribution in [0.2, 0.25) is 0 Å². The van der Waals surface area contributed by atoms with Crippen molar-refractivity contribution in [3.8, 4) is 23.0 Å². The van der Waals surface area contributed by atoms with Crippen LogP contribution in [-0.2, 0) is 6.42 Å². The van der Waals surface area contributed by atoms with E-state index in [1.54, 1.807) is 0 Å². The van der Waals surface area contributed by atoms with E-state index >= 15 is 0 Å². The van der Waals surface area contributed by atoms with Crippen LogP contribution in [0.4, 0.5) is 0 Å². The fraction of sp³-hybridized carbons (Fsp3) is 0.385. The third kappa shape index (κ3) is 2.84. The maximum absolute atomic E-state index is 9.97. The van der Waals surface area contributed by atoms with Gasteiger partial charge in [-0.25, -0.2) is 0 Å². The molecule has 4 nitrogen and oxygen atoms in total. The Bertz CT molecular complexity index is 410. The second-order valence-corrected chi connectivity index (χ2v) is 3.54. The minimum Gasteiger partial charge on any atom is -0.504 e. The van der Waals surface area contributed by atoms with Crippen LogP contribution >= 0.6 is 0 Å². The van der Waals surface area contributed by atoms with Crippen LogP contribution in [-0.4, -0.2) is 24.4 Å².